The molecule has 2 aromatic rings. The highest BCUT2D eigenvalue weighted by molar-refractivity contribution is 5.94. The molecule has 2 aromatic carbocycles. The molecule has 1 N–H and O–H groups in total. The van der Waals surface area contributed by atoms with Gasteiger partial charge in [-0.15, -0.1) is 0 Å². The van der Waals surface area contributed by atoms with Gasteiger partial charge >= 0.3 is 0 Å². The molecule has 1 atom stereocenters. The molecule has 3 rings (SSSR count). The number of benzene rings is 2. The Bertz CT molecular complexity index is 697. The Balaban J connectivity index is 1.52. The van der Waals surface area contributed by atoms with Gasteiger partial charge in [-0.1, -0.05) is 31.2 Å². The molecule has 0 spiro atoms. The fourth-order valence-corrected chi connectivity index (χ4v) is 3.34. The summed E-state index contributed by atoms with van der Waals surface area (Å²) in [5.74, 6) is 0.390. The first-order valence-corrected chi connectivity index (χ1v) is 8.94. The van der Waals surface area contributed by atoms with Gasteiger partial charge in [0, 0.05) is 25.2 Å². The van der Waals surface area contributed by atoms with Gasteiger partial charge in [0.05, 0.1) is 0 Å². The zero-order valence-corrected chi connectivity index (χ0v) is 14.7. The summed E-state index contributed by atoms with van der Waals surface area (Å²) in [6, 6.07) is 14.0. The van der Waals surface area contributed by atoms with Crippen molar-refractivity contribution >= 4 is 5.91 Å². The maximum absolute atomic E-state index is 12.9. The van der Waals surface area contributed by atoms with E-state index in [1.54, 1.807) is 12.1 Å². The first kappa shape index (κ1) is 17.6. The number of piperidine rings is 1. The molecule has 3 nitrogen and oxygen atoms in total. The van der Waals surface area contributed by atoms with E-state index in [1.807, 2.05) is 24.3 Å². The lowest BCUT2D eigenvalue weighted by Gasteiger charge is -2.30. The molecule has 0 unspecified atom stereocenters. The Labute approximate surface area is 148 Å². The van der Waals surface area contributed by atoms with Gasteiger partial charge < -0.3 is 5.32 Å². The quantitative estimate of drug-likeness (QED) is 0.893. The summed E-state index contributed by atoms with van der Waals surface area (Å²) in [5.41, 5.74) is 2.77. The van der Waals surface area contributed by atoms with E-state index in [0.29, 0.717) is 12.1 Å². The molecule has 1 aliphatic rings. The molecule has 132 valence electrons. The third kappa shape index (κ3) is 5.13. The summed E-state index contributed by atoms with van der Waals surface area (Å²) >= 11 is 0. The van der Waals surface area contributed by atoms with Crippen LogP contribution in [-0.2, 0) is 13.1 Å². The van der Waals surface area contributed by atoms with Crippen LogP contribution in [0.4, 0.5) is 4.39 Å². The average molecular weight is 340 g/mol. The molecule has 25 heavy (non-hydrogen) atoms. The van der Waals surface area contributed by atoms with E-state index in [9.17, 15) is 9.18 Å². The molecule has 1 aliphatic heterocycles. The van der Waals surface area contributed by atoms with Crippen molar-refractivity contribution in [2.24, 2.45) is 5.92 Å². The van der Waals surface area contributed by atoms with Gasteiger partial charge in [-0.05, 0) is 60.7 Å². The van der Waals surface area contributed by atoms with Crippen molar-refractivity contribution in [1.29, 1.82) is 0 Å². The number of carbonyl (C=O) groups excluding carboxylic acids is 1. The second-order valence-corrected chi connectivity index (χ2v) is 6.99. The molecule has 1 saturated heterocycles. The normalized spacial score (nSPS) is 18.1. The number of halogens is 1. The summed E-state index contributed by atoms with van der Waals surface area (Å²) < 4.78 is 12.9. The SMILES string of the molecule is C[C@H]1CCCN(Cc2ccc(C(=O)NCc3ccc(F)cc3)cc2)C1. The summed E-state index contributed by atoms with van der Waals surface area (Å²) in [5, 5.41) is 2.87. The maximum atomic E-state index is 12.9. The Morgan fingerprint density at radius 1 is 1.12 bits per heavy atom. The predicted octanol–water partition coefficient (Wildman–Crippen LogP) is 3.99. The van der Waals surface area contributed by atoms with Crippen molar-refractivity contribution in [2.75, 3.05) is 13.1 Å². The van der Waals surface area contributed by atoms with E-state index >= 15 is 0 Å². The van der Waals surface area contributed by atoms with Crippen LogP contribution in [-0.4, -0.2) is 23.9 Å². The largest absolute Gasteiger partial charge is 0.348 e. The number of likely N-dealkylation sites (tertiary alicyclic amines) is 1. The number of hydrogen-bond acceptors (Lipinski definition) is 2. The second kappa shape index (κ2) is 8.26. The van der Waals surface area contributed by atoms with Crippen molar-refractivity contribution in [3.05, 3.63) is 71.0 Å². The first-order chi connectivity index (χ1) is 12.1. The fourth-order valence-electron chi connectivity index (χ4n) is 3.34. The van der Waals surface area contributed by atoms with Crippen LogP contribution >= 0.6 is 0 Å². The highest BCUT2D eigenvalue weighted by atomic mass is 19.1. The van der Waals surface area contributed by atoms with Crippen molar-refractivity contribution < 1.29 is 9.18 Å². The highest BCUT2D eigenvalue weighted by Gasteiger charge is 2.16. The van der Waals surface area contributed by atoms with Gasteiger partial charge in [0.1, 0.15) is 5.82 Å². The Morgan fingerprint density at radius 2 is 1.80 bits per heavy atom. The van der Waals surface area contributed by atoms with Gasteiger partial charge in [-0.3, -0.25) is 9.69 Å². The van der Waals surface area contributed by atoms with Crippen molar-refractivity contribution in [2.45, 2.75) is 32.9 Å². The zero-order valence-electron chi connectivity index (χ0n) is 14.7. The minimum atomic E-state index is -0.270. The predicted molar refractivity (Wildman–Crippen MR) is 97.7 cm³/mol. The summed E-state index contributed by atoms with van der Waals surface area (Å²) in [6.45, 7) is 5.96. The molecule has 4 heteroatoms. The van der Waals surface area contributed by atoms with Gasteiger partial charge in [0.2, 0.25) is 0 Å². The monoisotopic (exact) mass is 340 g/mol. The zero-order chi connectivity index (χ0) is 17.6. The Hall–Kier alpha value is -2.20. The third-order valence-corrected chi connectivity index (χ3v) is 4.73. The molecule has 0 radical (unpaired) electrons. The molecule has 1 amide bonds. The number of hydrogen-bond donors (Lipinski definition) is 1. The summed E-state index contributed by atoms with van der Waals surface area (Å²) in [7, 11) is 0. The van der Waals surface area contributed by atoms with Crippen LogP contribution in [0.15, 0.2) is 48.5 Å². The standard InChI is InChI=1S/C21H25FN2O/c1-16-3-2-12-24(14-16)15-18-4-8-19(9-5-18)21(25)23-13-17-6-10-20(22)11-7-17/h4-11,16H,2-3,12-15H2,1H3,(H,23,25)/t16-/m0/s1. The smallest absolute Gasteiger partial charge is 0.251 e. The number of carbonyl (C=O) groups is 1. The molecule has 0 aromatic heterocycles. The van der Waals surface area contributed by atoms with Crippen molar-refractivity contribution in [3.8, 4) is 0 Å². The number of rotatable bonds is 5. The lowest BCUT2D eigenvalue weighted by molar-refractivity contribution is 0.0951. The van der Waals surface area contributed by atoms with Crippen LogP contribution in [0, 0.1) is 11.7 Å². The molecule has 0 saturated carbocycles. The highest BCUT2D eigenvalue weighted by Crippen LogP contribution is 2.18. The Morgan fingerprint density at radius 3 is 2.48 bits per heavy atom. The first-order valence-electron chi connectivity index (χ1n) is 8.94. The summed E-state index contributed by atoms with van der Waals surface area (Å²) in [4.78, 5) is 14.7. The van der Waals surface area contributed by atoms with Gasteiger partial charge in [0.15, 0.2) is 0 Å². The third-order valence-electron chi connectivity index (χ3n) is 4.73. The van der Waals surface area contributed by atoms with Crippen LogP contribution in [0.25, 0.3) is 0 Å². The van der Waals surface area contributed by atoms with E-state index < -0.39 is 0 Å². The van der Waals surface area contributed by atoms with Gasteiger partial charge in [-0.2, -0.15) is 0 Å². The fraction of sp³-hybridized carbons (Fsp3) is 0.381. The lowest BCUT2D eigenvalue weighted by atomic mass is 9.99. The van der Waals surface area contributed by atoms with Gasteiger partial charge in [-0.25, -0.2) is 4.39 Å². The maximum Gasteiger partial charge on any atom is 0.251 e. The minimum absolute atomic E-state index is 0.109. The van der Waals surface area contributed by atoms with E-state index in [1.165, 1.54) is 30.5 Å². The molecule has 1 fully saturated rings. The van der Waals surface area contributed by atoms with Crippen LogP contribution in [0.1, 0.15) is 41.3 Å². The van der Waals surface area contributed by atoms with E-state index in [4.69, 9.17) is 0 Å². The molecular weight excluding hydrogens is 315 g/mol. The minimum Gasteiger partial charge on any atom is -0.348 e. The molecule has 1 heterocycles. The number of nitrogens with one attached hydrogen (secondary N) is 1. The van der Waals surface area contributed by atoms with E-state index in [0.717, 1.165) is 31.1 Å². The molecule has 0 aliphatic carbocycles. The number of nitrogens with zero attached hydrogens (tertiary/aromatic N) is 1. The van der Waals surface area contributed by atoms with Crippen molar-refractivity contribution in [1.82, 2.24) is 10.2 Å². The average Bonchev–Trinajstić information content (AvgIpc) is 2.62. The number of amides is 1. The van der Waals surface area contributed by atoms with E-state index in [-0.39, 0.29) is 11.7 Å². The van der Waals surface area contributed by atoms with Crippen LogP contribution in [0.5, 0.6) is 0 Å². The Kier molecular flexibility index (Phi) is 5.82. The second-order valence-electron chi connectivity index (χ2n) is 6.99. The lowest BCUT2D eigenvalue weighted by Crippen LogP contribution is -2.33. The summed E-state index contributed by atoms with van der Waals surface area (Å²) in [6.07, 6.45) is 2.59. The van der Waals surface area contributed by atoms with E-state index in [2.05, 4.69) is 17.1 Å². The van der Waals surface area contributed by atoms with Crippen LogP contribution < -0.4 is 5.32 Å². The molecular formula is C21H25FN2O. The topological polar surface area (TPSA) is 32.3 Å². The van der Waals surface area contributed by atoms with Crippen molar-refractivity contribution in [3.63, 3.8) is 0 Å². The van der Waals surface area contributed by atoms with Crippen LogP contribution in [0.3, 0.4) is 0 Å². The molecule has 0 bridgehead atoms. The van der Waals surface area contributed by atoms with Gasteiger partial charge in [0.25, 0.3) is 5.91 Å². The van der Waals surface area contributed by atoms with Crippen LogP contribution in [0.2, 0.25) is 0 Å².